The maximum absolute atomic E-state index is 10.4. The van der Waals surface area contributed by atoms with Gasteiger partial charge in [-0.05, 0) is 57.8 Å². The molecule has 0 aromatic rings. The van der Waals surface area contributed by atoms with Crippen molar-refractivity contribution < 1.29 is 24.5 Å². The molecule has 0 aromatic carbocycles. The first-order valence-corrected chi connectivity index (χ1v) is 10.7. The Morgan fingerprint density at radius 3 is 2.37 bits per heavy atom. The molecule has 158 valence electrons. The monoisotopic (exact) mass is 384 g/mol. The van der Waals surface area contributed by atoms with Gasteiger partial charge in [-0.3, -0.25) is 4.79 Å². The average Bonchev–Trinajstić information content (AvgIpc) is 2.95. The Morgan fingerprint density at radius 1 is 1.19 bits per heavy atom. The molecular formula is C22H40O5. The Labute approximate surface area is 165 Å². The number of aliphatic hydroxyl groups is 2. The summed E-state index contributed by atoms with van der Waals surface area (Å²) in [6.45, 7) is 4.17. The van der Waals surface area contributed by atoms with Gasteiger partial charge in [0.15, 0.2) is 5.79 Å². The van der Waals surface area contributed by atoms with Crippen LogP contribution in [0, 0.1) is 5.92 Å². The number of fused-ring (bicyclic) bond motifs is 2. The highest BCUT2D eigenvalue weighted by Gasteiger charge is 2.36. The van der Waals surface area contributed by atoms with Crippen LogP contribution in [-0.4, -0.2) is 41.3 Å². The second-order valence-corrected chi connectivity index (χ2v) is 7.86. The zero-order chi connectivity index (χ0) is 20.1. The fourth-order valence-electron chi connectivity index (χ4n) is 4.02. The molecule has 2 saturated carbocycles. The van der Waals surface area contributed by atoms with E-state index in [-0.39, 0.29) is 5.97 Å². The van der Waals surface area contributed by atoms with E-state index in [1.807, 2.05) is 19.1 Å². The van der Waals surface area contributed by atoms with Crippen LogP contribution < -0.4 is 0 Å². The van der Waals surface area contributed by atoms with Crippen molar-refractivity contribution in [1.29, 1.82) is 0 Å². The minimum atomic E-state index is -1.32. The van der Waals surface area contributed by atoms with E-state index in [1.54, 1.807) is 0 Å². The lowest BCUT2D eigenvalue weighted by Crippen LogP contribution is -2.30. The number of carbonyl (C=O) groups is 1. The zero-order valence-electron chi connectivity index (χ0n) is 17.5. The fraction of sp³-hybridized carbons (Fsp3) is 0.864. The molecule has 3 aliphatic rings. The van der Waals surface area contributed by atoms with Crippen molar-refractivity contribution in [3.05, 3.63) is 12.2 Å². The second-order valence-electron chi connectivity index (χ2n) is 7.86. The average molecular weight is 385 g/mol. The maximum Gasteiger partial charge on any atom is 0.305 e. The summed E-state index contributed by atoms with van der Waals surface area (Å²) in [6, 6.07) is 0. The third-order valence-corrected chi connectivity index (χ3v) is 5.59. The predicted molar refractivity (Wildman–Crippen MR) is 107 cm³/mol. The first-order chi connectivity index (χ1) is 12.9. The molecule has 2 N–H and O–H groups in total. The molecular weight excluding hydrogens is 344 g/mol. The largest absolute Gasteiger partial charge is 0.469 e. The highest BCUT2D eigenvalue weighted by atomic mass is 16.5. The highest BCUT2D eigenvalue weighted by molar-refractivity contribution is 5.69. The van der Waals surface area contributed by atoms with E-state index < -0.39 is 5.79 Å². The summed E-state index contributed by atoms with van der Waals surface area (Å²) in [5.41, 5.74) is 0. The van der Waals surface area contributed by atoms with Gasteiger partial charge < -0.3 is 19.7 Å². The molecule has 1 heterocycles. The smallest absolute Gasteiger partial charge is 0.305 e. The van der Waals surface area contributed by atoms with E-state index in [2.05, 4.69) is 11.7 Å². The molecule has 0 amide bonds. The van der Waals surface area contributed by atoms with Crippen molar-refractivity contribution in [1.82, 2.24) is 0 Å². The van der Waals surface area contributed by atoms with Gasteiger partial charge in [-0.15, -0.1) is 0 Å². The van der Waals surface area contributed by atoms with Crippen LogP contribution in [0.3, 0.4) is 0 Å². The fourth-order valence-corrected chi connectivity index (χ4v) is 4.02. The molecule has 0 radical (unpaired) electrons. The van der Waals surface area contributed by atoms with Gasteiger partial charge in [-0.1, -0.05) is 31.9 Å². The zero-order valence-corrected chi connectivity index (χ0v) is 17.5. The summed E-state index contributed by atoms with van der Waals surface area (Å²) in [7, 11) is 1.40. The molecule has 0 spiro atoms. The second kappa shape index (κ2) is 13.3. The molecule has 0 aromatic heterocycles. The van der Waals surface area contributed by atoms with Gasteiger partial charge in [0, 0.05) is 19.3 Å². The van der Waals surface area contributed by atoms with Crippen LogP contribution in [0.1, 0.15) is 90.9 Å². The maximum atomic E-state index is 10.4. The molecule has 1 saturated heterocycles. The van der Waals surface area contributed by atoms with Crippen molar-refractivity contribution in [2.75, 3.05) is 7.11 Å². The van der Waals surface area contributed by atoms with Crippen molar-refractivity contribution in [3.63, 3.8) is 0 Å². The summed E-state index contributed by atoms with van der Waals surface area (Å²) in [6.07, 6.45) is 17.3. The summed E-state index contributed by atoms with van der Waals surface area (Å²) in [4.78, 5) is 10.4. The number of esters is 1. The van der Waals surface area contributed by atoms with Crippen LogP contribution in [0.5, 0.6) is 0 Å². The van der Waals surface area contributed by atoms with Gasteiger partial charge in [-0.2, -0.15) is 0 Å². The third-order valence-electron chi connectivity index (χ3n) is 5.59. The van der Waals surface area contributed by atoms with E-state index in [0.29, 0.717) is 31.5 Å². The van der Waals surface area contributed by atoms with Crippen LogP contribution >= 0.6 is 0 Å². The molecule has 27 heavy (non-hydrogen) atoms. The van der Waals surface area contributed by atoms with Crippen LogP contribution in [0.2, 0.25) is 0 Å². The minimum Gasteiger partial charge on any atom is -0.469 e. The van der Waals surface area contributed by atoms with Gasteiger partial charge in [0.05, 0.1) is 19.3 Å². The number of rotatable bonds is 4. The SMILES string of the molecule is C/C=C/CCC(=O)OC.CC[C@@H]1O[C@H]2CCC[C@@H]1C2.OC1(O)CCCCC1. The van der Waals surface area contributed by atoms with Gasteiger partial charge in [0.25, 0.3) is 0 Å². The lowest BCUT2D eigenvalue weighted by Gasteiger charge is -2.25. The van der Waals surface area contributed by atoms with Gasteiger partial charge in [0.2, 0.25) is 0 Å². The van der Waals surface area contributed by atoms with E-state index in [1.165, 1.54) is 39.2 Å². The van der Waals surface area contributed by atoms with Crippen LogP contribution in [0.15, 0.2) is 12.2 Å². The lowest BCUT2D eigenvalue weighted by molar-refractivity contribution is -0.180. The van der Waals surface area contributed by atoms with Gasteiger partial charge in [0.1, 0.15) is 0 Å². The van der Waals surface area contributed by atoms with Crippen LogP contribution in [-0.2, 0) is 14.3 Å². The summed E-state index contributed by atoms with van der Waals surface area (Å²) >= 11 is 0. The Morgan fingerprint density at radius 2 is 1.89 bits per heavy atom. The predicted octanol–water partition coefficient (Wildman–Crippen LogP) is 4.50. The quantitative estimate of drug-likeness (QED) is 0.424. The van der Waals surface area contributed by atoms with Gasteiger partial charge >= 0.3 is 5.97 Å². The topological polar surface area (TPSA) is 76.0 Å². The number of ether oxygens (including phenoxy) is 2. The summed E-state index contributed by atoms with van der Waals surface area (Å²) in [5, 5.41) is 17.9. The first-order valence-electron chi connectivity index (χ1n) is 10.7. The van der Waals surface area contributed by atoms with Crippen molar-refractivity contribution in [2.24, 2.45) is 5.92 Å². The molecule has 2 aliphatic carbocycles. The van der Waals surface area contributed by atoms with Crippen molar-refractivity contribution in [3.8, 4) is 0 Å². The molecule has 5 nitrogen and oxygen atoms in total. The van der Waals surface area contributed by atoms with Crippen molar-refractivity contribution >= 4 is 5.97 Å². The van der Waals surface area contributed by atoms with Gasteiger partial charge in [-0.25, -0.2) is 0 Å². The Kier molecular flexibility index (Phi) is 11.9. The number of carbonyl (C=O) groups excluding carboxylic acids is 1. The standard InChI is InChI=1S/C9H16O.C7H12O2.C6H12O2/c1-2-9-7-4-3-5-8(6-7)10-9;1-3-4-5-6-7(8)9-2;7-6(8)4-2-1-3-5-6/h7-9H,2-6H2,1H3;3-4H,5-6H2,1-2H3;7-8H,1-5H2/b;4-3+;/t7-,8+,9+;;/m1../s1. The van der Waals surface area contributed by atoms with Crippen LogP contribution in [0.4, 0.5) is 0 Å². The first kappa shape index (κ1) is 24.1. The number of allylic oxidation sites excluding steroid dienone is 2. The Bertz CT molecular complexity index is 424. The van der Waals surface area contributed by atoms with Crippen molar-refractivity contribution in [2.45, 2.75) is 109 Å². The molecule has 3 rings (SSSR count). The number of hydrogen-bond acceptors (Lipinski definition) is 5. The third kappa shape index (κ3) is 10.3. The molecule has 0 unspecified atom stereocenters. The molecule has 3 fully saturated rings. The Balaban J connectivity index is 0.000000204. The summed E-state index contributed by atoms with van der Waals surface area (Å²) in [5.74, 6) is -0.546. The minimum absolute atomic E-state index is 0.145. The van der Waals surface area contributed by atoms with Crippen LogP contribution in [0.25, 0.3) is 0 Å². The van der Waals surface area contributed by atoms with E-state index in [9.17, 15) is 4.79 Å². The lowest BCUT2D eigenvalue weighted by atomic mass is 9.86. The number of hydrogen-bond donors (Lipinski definition) is 2. The molecule has 5 heteroatoms. The molecule has 2 bridgehead atoms. The highest BCUT2D eigenvalue weighted by Crippen LogP contribution is 2.38. The molecule has 1 aliphatic heterocycles. The van der Waals surface area contributed by atoms with E-state index >= 15 is 0 Å². The van der Waals surface area contributed by atoms with E-state index in [4.69, 9.17) is 14.9 Å². The molecule has 3 atom stereocenters. The van der Waals surface area contributed by atoms with E-state index in [0.717, 1.165) is 31.6 Å². The Hall–Kier alpha value is -0.910. The number of methoxy groups -OCH3 is 1. The normalized spacial score (nSPS) is 28.6. The summed E-state index contributed by atoms with van der Waals surface area (Å²) < 4.78 is 10.3.